The molecule has 70 valence electrons. The molecule has 0 spiro atoms. The van der Waals surface area contributed by atoms with Gasteiger partial charge in [-0.3, -0.25) is 0 Å². The molecule has 0 aliphatic heterocycles. The molecule has 0 unspecified atom stereocenters. The molecule has 0 aliphatic carbocycles. The Labute approximate surface area is 77.1 Å². The monoisotopic (exact) mass is 167 g/mol. The SMILES string of the molecule is CCCCCCCC#CN(C)C. The van der Waals surface area contributed by atoms with E-state index in [1.54, 1.807) is 0 Å². The highest BCUT2D eigenvalue weighted by Gasteiger charge is 1.85. The van der Waals surface area contributed by atoms with Crippen LogP contribution in [0.2, 0.25) is 0 Å². The van der Waals surface area contributed by atoms with E-state index in [1.807, 2.05) is 19.0 Å². The van der Waals surface area contributed by atoms with Gasteiger partial charge in [0.25, 0.3) is 0 Å². The Morgan fingerprint density at radius 2 is 1.67 bits per heavy atom. The predicted octanol–water partition coefficient (Wildman–Crippen LogP) is 2.87. The Bertz CT molecular complexity index is 139. The van der Waals surface area contributed by atoms with Crippen molar-refractivity contribution in [2.24, 2.45) is 0 Å². The molecule has 1 nitrogen and oxygen atoms in total. The van der Waals surface area contributed by atoms with E-state index in [4.69, 9.17) is 0 Å². The fourth-order valence-corrected chi connectivity index (χ4v) is 1.03. The molecule has 0 aliphatic rings. The second-order valence-corrected chi connectivity index (χ2v) is 3.35. The van der Waals surface area contributed by atoms with Crippen molar-refractivity contribution in [2.75, 3.05) is 14.1 Å². The highest BCUT2D eigenvalue weighted by molar-refractivity contribution is 4.96. The van der Waals surface area contributed by atoms with Crippen molar-refractivity contribution >= 4 is 0 Å². The van der Waals surface area contributed by atoms with Crippen molar-refractivity contribution in [3.63, 3.8) is 0 Å². The standard InChI is InChI=1S/C11H21N/c1-4-5-6-7-8-9-10-11-12(2)3/h4-9H2,1-3H3. The van der Waals surface area contributed by atoms with Gasteiger partial charge in [-0.25, -0.2) is 0 Å². The first kappa shape index (κ1) is 11.4. The molecule has 0 heterocycles. The van der Waals surface area contributed by atoms with Crippen LogP contribution in [0.5, 0.6) is 0 Å². The van der Waals surface area contributed by atoms with Crippen molar-refractivity contribution in [3.05, 3.63) is 0 Å². The first-order valence-electron chi connectivity index (χ1n) is 4.93. The normalized spacial score (nSPS) is 8.92. The molecule has 0 aromatic rings. The summed E-state index contributed by atoms with van der Waals surface area (Å²) in [4.78, 5) is 1.91. The molecule has 0 aromatic heterocycles. The molecule has 0 aromatic carbocycles. The summed E-state index contributed by atoms with van der Waals surface area (Å²) >= 11 is 0. The lowest BCUT2D eigenvalue weighted by Crippen LogP contribution is -2.00. The van der Waals surface area contributed by atoms with E-state index in [0.717, 1.165) is 6.42 Å². The van der Waals surface area contributed by atoms with E-state index in [-0.39, 0.29) is 0 Å². The summed E-state index contributed by atoms with van der Waals surface area (Å²) in [6.07, 6.45) is 7.74. The highest BCUT2D eigenvalue weighted by atomic mass is 15.0. The third kappa shape index (κ3) is 9.36. The average Bonchev–Trinajstić information content (AvgIpc) is 2.02. The van der Waals surface area contributed by atoms with Gasteiger partial charge in [0, 0.05) is 26.6 Å². The summed E-state index contributed by atoms with van der Waals surface area (Å²) in [5.41, 5.74) is 0. The summed E-state index contributed by atoms with van der Waals surface area (Å²) in [6, 6.07) is 3.02. The number of nitrogens with zero attached hydrogens (tertiary/aromatic N) is 1. The summed E-state index contributed by atoms with van der Waals surface area (Å²) in [7, 11) is 3.95. The fourth-order valence-electron chi connectivity index (χ4n) is 1.03. The summed E-state index contributed by atoms with van der Waals surface area (Å²) in [5.74, 6) is 3.14. The van der Waals surface area contributed by atoms with Crippen LogP contribution in [0.25, 0.3) is 0 Å². The Morgan fingerprint density at radius 3 is 2.25 bits per heavy atom. The zero-order valence-corrected chi connectivity index (χ0v) is 8.69. The summed E-state index contributed by atoms with van der Waals surface area (Å²) in [6.45, 7) is 2.24. The van der Waals surface area contributed by atoms with Crippen molar-refractivity contribution in [1.29, 1.82) is 0 Å². The lowest BCUT2D eigenvalue weighted by atomic mass is 10.1. The maximum atomic E-state index is 3.14. The van der Waals surface area contributed by atoms with E-state index < -0.39 is 0 Å². The van der Waals surface area contributed by atoms with Crippen molar-refractivity contribution in [3.8, 4) is 12.0 Å². The van der Waals surface area contributed by atoms with Crippen LogP contribution in [-0.4, -0.2) is 19.0 Å². The first-order valence-corrected chi connectivity index (χ1v) is 4.93. The minimum atomic E-state index is 1.06. The average molecular weight is 167 g/mol. The zero-order chi connectivity index (χ0) is 9.23. The molecule has 0 saturated carbocycles. The molecule has 0 bridgehead atoms. The van der Waals surface area contributed by atoms with Gasteiger partial charge in [0.15, 0.2) is 0 Å². The molecule has 12 heavy (non-hydrogen) atoms. The Hall–Kier alpha value is -0.640. The van der Waals surface area contributed by atoms with Crippen LogP contribution in [0.4, 0.5) is 0 Å². The molecule has 0 rings (SSSR count). The highest BCUT2D eigenvalue weighted by Crippen LogP contribution is 2.03. The summed E-state index contributed by atoms with van der Waals surface area (Å²) in [5, 5.41) is 0. The summed E-state index contributed by atoms with van der Waals surface area (Å²) < 4.78 is 0. The number of hydrogen-bond acceptors (Lipinski definition) is 1. The first-order chi connectivity index (χ1) is 5.77. The van der Waals surface area contributed by atoms with Gasteiger partial charge in [0.1, 0.15) is 0 Å². The van der Waals surface area contributed by atoms with E-state index in [1.165, 1.54) is 32.1 Å². The molecule has 0 N–H and O–H groups in total. The van der Waals surface area contributed by atoms with Crippen LogP contribution < -0.4 is 0 Å². The molecular formula is C11H21N. The maximum absolute atomic E-state index is 3.14. The Morgan fingerprint density at radius 1 is 1.00 bits per heavy atom. The van der Waals surface area contributed by atoms with Gasteiger partial charge in [-0.05, 0) is 6.42 Å². The lowest BCUT2D eigenvalue weighted by molar-refractivity contribution is 0.594. The van der Waals surface area contributed by atoms with Crippen LogP contribution >= 0.6 is 0 Å². The van der Waals surface area contributed by atoms with E-state index in [2.05, 4.69) is 18.9 Å². The Balaban J connectivity index is 3.07. The number of unbranched alkanes of at least 4 members (excludes halogenated alkanes) is 5. The van der Waals surface area contributed by atoms with Crippen LogP contribution in [-0.2, 0) is 0 Å². The Kier molecular flexibility index (Phi) is 8.01. The quantitative estimate of drug-likeness (QED) is 0.346. The van der Waals surface area contributed by atoms with Crippen LogP contribution in [0.3, 0.4) is 0 Å². The lowest BCUT2D eigenvalue weighted by Gasteiger charge is -1.98. The van der Waals surface area contributed by atoms with E-state index >= 15 is 0 Å². The third-order valence-electron chi connectivity index (χ3n) is 1.71. The largest absolute Gasteiger partial charge is 0.339 e. The van der Waals surface area contributed by atoms with Crippen molar-refractivity contribution < 1.29 is 0 Å². The van der Waals surface area contributed by atoms with Gasteiger partial charge in [0.05, 0.1) is 0 Å². The van der Waals surface area contributed by atoms with Gasteiger partial charge < -0.3 is 4.90 Å². The zero-order valence-electron chi connectivity index (χ0n) is 8.69. The molecule has 1 heteroatoms. The van der Waals surface area contributed by atoms with Crippen LogP contribution in [0, 0.1) is 12.0 Å². The fraction of sp³-hybridized carbons (Fsp3) is 0.818. The van der Waals surface area contributed by atoms with Crippen LogP contribution in [0.15, 0.2) is 0 Å². The van der Waals surface area contributed by atoms with Gasteiger partial charge in [-0.2, -0.15) is 0 Å². The number of hydrogen-bond donors (Lipinski definition) is 0. The third-order valence-corrected chi connectivity index (χ3v) is 1.71. The second-order valence-electron chi connectivity index (χ2n) is 3.35. The van der Waals surface area contributed by atoms with Crippen LogP contribution in [0.1, 0.15) is 45.4 Å². The van der Waals surface area contributed by atoms with Gasteiger partial charge in [-0.1, -0.05) is 38.5 Å². The van der Waals surface area contributed by atoms with Crippen molar-refractivity contribution in [2.45, 2.75) is 45.4 Å². The molecular weight excluding hydrogens is 146 g/mol. The minimum absolute atomic E-state index is 1.06. The minimum Gasteiger partial charge on any atom is -0.339 e. The molecule has 0 fully saturated rings. The van der Waals surface area contributed by atoms with E-state index in [0.29, 0.717) is 0 Å². The smallest absolute Gasteiger partial charge is 0.0144 e. The predicted molar refractivity (Wildman–Crippen MR) is 54.8 cm³/mol. The second kappa shape index (κ2) is 8.46. The maximum Gasteiger partial charge on any atom is 0.0144 e. The van der Waals surface area contributed by atoms with Gasteiger partial charge in [0.2, 0.25) is 0 Å². The van der Waals surface area contributed by atoms with Crippen molar-refractivity contribution in [1.82, 2.24) is 4.90 Å². The van der Waals surface area contributed by atoms with E-state index in [9.17, 15) is 0 Å². The molecule has 0 atom stereocenters. The number of rotatable bonds is 5. The topological polar surface area (TPSA) is 3.24 Å². The molecule has 0 amide bonds. The molecule has 0 saturated heterocycles. The van der Waals surface area contributed by atoms with Gasteiger partial charge in [-0.15, -0.1) is 0 Å². The van der Waals surface area contributed by atoms with Gasteiger partial charge >= 0.3 is 0 Å². The molecule has 0 radical (unpaired) electrons.